The Balaban J connectivity index is 0.978. The number of nitrogens with zero attached hydrogens (tertiary/aromatic N) is 2. The molecule has 2 heteroatoms. The lowest BCUT2D eigenvalue weighted by Gasteiger charge is -2.31. The molecule has 0 unspecified atom stereocenters. The summed E-state index contributed by atoms with van der Waals surface area (Å²) in [6.07, 6.45) is 10.0. The molecule has 62 heavy (non-hydrogen) atoms. The smallest absolute Gasteiger partial charge is 0.0541 e. The van der Waals surface area contributed by atoms with Gasteiger partial charge in [0.15, 0.2) is 0 Å². The first kappa shape index (κ1) is 36.7. The lowest BCUT2D eigenvalue weighted by molar-refractivity contribution is 0.660. The zero-order valence-electron chi connectivity index (χ0n) is 35.4. The summed E-state index contributed by atoms with van der Waals surface area (Å²) in [6.45, 7) is 4.78. The van der Waals surface area contributed by atoms with E-state index in [2.05, 4.69) is 217 Å². The zero-order chi connectivity index (χ0) is 41.4. The minimum atomic E-state index is -0.135. The summed E-state index contributed by atoms with van der Waals surface area (Å²) < 4.78 is 2.56. The highest BCUT2D eigenvalue weighted by atomic mass is 15.2. The first-order valence-electron chi connectivity index (χ1n) is 22.3. The summed E-state index contributed by atoms with van der Waals surface area (Å²) in [5, 5.41) is 2.66. The summed E-state index contributed by atoms with van der Waals surface area (Å²) >= 11 is 0. The molecule has 298 valence electrons. The van der Waals surface area contributed by atoms with Gasteiger partial charge < -0.3 is 9.47 Å². The predicted octanol–water partition coefficient (Wildman–Crippen LogP) is 15.9. The van der Waals surface area contributed by atoms with Gasteiger partial charge in [0.05, 0.1) is 11.0 Å². The van der Waals surface area contributed by atoms with Gasteiger partial charge in [-0.2, -0.15) is 0 Å². The molecule has 8 aromatic carbocycles. The fourth-order valence-electron chi connectivity index (χ4n) is 10.9. The number of benzene rings is 8. The standard InChI is InChI=1S/C60H48N2/c1-60(2)56-35-26-44(41-16-7-4-8-17-41)36-54(56)51-34-33-49(38-57(51)60)61(46-27-24-42(25-28-46)40-14-5-3-6-15-40)47-29-31-48(32-30-47)62-58-23-12-11-22-52(58)55-39-53-45(37-59(55)62)20-13-19-43-18-9-10-21-50(43)53/h3-12,14-18,21-29,31,33-39H,13,19-20,30,32H2,1-2H3. The van der Waals surface area contributed by atoms with E-state index in [-0.39, 0.29) is 5.41 Å². The SMILES string of the molecule is CC1(C)c2ccc(-c3ccccc3)cc2-c2ccc(N(C3=CC=C(n4c5ccccc5c5cc6c(cc54)CCCc4ccccc4-6)CC3)c3ccc(-c4ccccc4)cc3)cc21. The van der Waals surface area contributed by atoms with Crippen LogP contribution in [0.4, 0.5) is 11.4 Å². The van der Waals surface area contributed by atoms with Gasteiger partial charge in [-0.3, -0.25) is 0 Å². The average Bonchev–Trinajstić information content (AvgIpc) is 3.67. The van der Waals surface area contributed by atoms with Crippen LogP contribution in [0, 0.1) is 0 Å². The Morgan fingerprint density at radius 3 is 1.89 bits per heavy atom. The largest absolute Gasteiger partial charge is 0.314 e. The van der Waals surface area contributed by atoms with E-state index in [0.717, 1.165) is 25.7 Å². The van der Waals surface area contributed by atoms with E-state index in [0.29, 0.717) is 0 Å². The Labute approximate surface area is 364 Å². The van der Waals surface area contributed by atoms with Crippen molar-refractivity contribution in [2.24, 2.45) is 0 Å². The van der Waals surface area contributed by atoms with Crippen LogP contribution in [-0.2, 0) is 18.3 Å². The molecule has 0 amide bonds. The summed E-state index contributed by atoms with van der Waals surface area (Å²) in [6, 6.07) is 67.9. The second-order valence-electron chi connectivity index (χ2n) is 17.9. The van der Waals surface area contributed by atoms with Gasteiger partial charge in [0, 0.05) is 39.0 Å². The molecule has 0 radical (unpaired) electrons. The maximum Gasteiger partial charge on any atom is 0.0541 e. The molecule has 2 nitrogen and oxygen atoms in total. The summed E-state index contributed by atoms with van der Waals surface area (Å²) in [7, 11) is 0. The summed E-state index contributed by atoms with van der Waals surface area (Å²) in [5.41, 5.74) is 23.6. The van der Waals surface area contributed by atoms with Crippen LogP contribution >= 0.6 is 0 Å². The normalized spacial score (nSPS) is 14.9. The number of hydrogen-bond donors (Lipinski definition) is 0. The molecule has 3 aliphatic carbocycles. The number of fused-ring (bicyclic) bond motifs is 9. The molecule has 12 rings (SSSR count). The van der Waals surface area contributed by atoms with Crippen molar-refractivity contribution in [2.45, 2.75) is 51.4 Å². The van der Waals surface area contributed by atoms with Crippen molar-refractivity contribution in [3.8, 4) is 44.5 Å². The monoisotopic (exact) mass is 796 g/mol. The number of aromatic nitrogens is 1. The van der Waals surface area contributed by atoms with Crippen LogP contribution in [0.2, 0.25) is 0 Å². The Morgan fingerprint density at radius 2 is 1.10 bits per heavy atom. The van der Waals surface area contributed by atoms with E-state index in [9.17, 15) is 0 Å². The van der Waals surface area contributed by atoms with Gasteiger partial charge in [-0.25, -0.2) is 0 Å². The molecule has 3 aliphatic rings. The van der Waals surface area contributed by atoms with E-state index in [4.69, 9.17) is 0 Å². The van der Waals surface area contributed by atoms with Crippen molar-refractivity contribution in [3.63, 3.8) is 0 Å². The van der Waals surface area contributed by atoms with Gasteiger partial charge in [-0.15, -0.1) is 0 Å². The highest BCUT2D eigenvalue weighted by molar-refractivity contribution is 6.12. The number of aryl methyl sites for hydroxylation is 2. The van der Waals surface area contributed by atoms with E-state index >= 15 is 0 Å². The van der Waals surface area contributed by atoms with E-state index in [1.165, 1.54) is 118 Å². The van der Waals surface area contributed by atoms with E-state index < -0.39 is 0 Å². The molecule has 0 bridgehead atoms. The van der Waals surface area contributed by atoms with Crippen molar-refractivity contribution in [1.29, 1.82) is 0 Å². The molecule has 1 heterocycles. The quantitative estimate of drug-likeness (QED) is 0.163. The first-order valence-corrected chi connectivity index (χ1v) is 22.3. The van der Waals surface area contributed by atoms with Gasteiger partial charge in [-0.1, -0.05) is 147 Å². The molecule has 9 aromatic rings. The Bertz CT molecular complexity index is 3270. The molecule has 0 saturated carbocycles. The van der Waals surface area contributed by atoms with Crippen LogP contribution in [0.1, 0.15) is 55.4 Å². The molecular formula is C60H48N2. The van der Waals surface area contributed by atoms with Crippen molar-refractivity contribution in [1.82, 2.24) is 4.57 Å². The van der Waals surface area contributed by atoms with Crippen molar-refractivity contribution in [2.75, 3.05) is 4.90 Å². The van der Waals surface area contributed by atoms with Crippen molar-refractivity contribution < 1.29 is 0 Å². The van der Waals surface area contributed by atoms with Crippen molar-refractivity contribution >= 4 is 38.9 Å². The van der Waals surface area contributed by atoms with Crippen LogP contribution < -0.4 is 4.90 Å². The van der Waals surface area contributed by atoms with Crippen LogP contribution in [0.15, 0.2) is 200 Å². The van der Waals surface area contributed by atoms with Gasteiger partial charge >= 0.3 is 0 Å². The predicted molar refractivity (Wildman–Crippen MR) is 262 cm³/mol. The lowest BCUT2D eigenvalue weighted by atomic mass is 9.82. The number of rotatable bonds is 6. The van der Waals surface area contributed by atoms with Crippen LogP contribution in [0.3, 0.4) is 0 Å². The molecular weight excluding hydrogens is 749 g/mol. The zero-order valence-corrected chi connectivity index (χ0v) is 35.4. The van der Waals surface area contributed by atoms with Gasteiger partial charge in [0.25, 0.3) is 0 Å². The fraction of sp³-hybridized carbons (Fsp3) is 0.133. The minimum Gasteiger partial charge on any atom is -0.314 e. The summed E-state index contributed by atoms with van der Waals surface area (Å²) in [5.74, 6) is 0. The Morgan fingerprint density at radius 1 is 0.419 bits per heavy atom. The third-order valence-corrected chi connectivity index (χ3v) is 14.0. The van der Waals surface area contributed by atoms with Crippen LogP contribution in [-0.4, -0.2) is 4.57 Å². The van der Waals surface area contributed by atoms with Gasteiger partial charge in [0.1, 0.15) is 0 Å². The maximum atomic E-state index is 2.56. The third kappa shape index (κ3) is 5.92. The molecule has 0 saturated heterocycles. The van der Waals surface area contributed by atoms with Crippen molar-refractivity contribution in [3.05, 3.63) is 222 Å². The number of hydrogen-bond acceptors (Lipinski definition) is 1. The fourth-order valence-corrected chi connectivity index (χ4v) is 10.9. The van der Waals surface area contributed by atoms with Crippen LogP contribution in [0.25, 0.3) is 72.0 Å². The van der Waals surface area contributed by atoms with Gasteiger partial charge in [0.2, 0.25) is 0 Å². The maximum absolute atomic E-state index is 2.56. The molecule has 0 fully saturated rings. The molecule has 1 aromatic heterocycles. The van der Waals surface area contributed by atoms with E-state index in [1.807, 2.05) is 0 Å². The second kappa shape index (κ2) is 14.5. The second-order valence-corrected chi connectivity index (χ2v) is 17.9. The molecule has 0 aliphatic heterocycles. The first-order chi connectivity index (χ1) is 30.5. The van der Waals surface area contributed by atoms with Crippen LogP contribution in [0.5, 0.6) is 0 Å². The van der Waals surface area contributed by atoms with E-state index in [1.54, 1.807) is 0 Å². The topological polar surface area (TPSA) is 8.17 Å². The highest BCUT2D eigenvalue weighted by Gasteiger charge is 2.36. The average molecular weight is 797 g/mol. The highest BCUT2D eigenvalue weighted by Crippen LogP contribution is 2.52. The third-order valence-electron chi connectivity index (χ3n) is 14.0. The minimum absolute atomic E-state index is 0.135. The molecule has 0 spiro atoms. The Kier molecular flexibility index (Phi) is 8.57. The number of para-hydroxylation sites is 1. The summed E-state index contributed by atoms with van der Waals surface area (Å²) in [4.78, 5) is 2.51. The molecule has 0 atom stereocenters. The Hall–Kier alpha value is -7.16. The molecule has 0 N–H and O–H groups in total. The number of anilines is 2. The number of allylic oxidation sites excluding steroid dienone is 4. The lowest BCUT2D eigenvalue weighted by Crippen LogP contribution is -2.20. The van der Waals surface area contributed by atoms with Gasteiger partial charge in [-0.05, 0) is 160 Å².